The van der Waals surface area contributed by atoms with Crippen LogP contribution in [0.1, 0.15) is 51.7 Å². The molecule has 0 saturated heterocycles. The van der Waals surface area contributed by atoms with Crippen LogP contribution in [-0.4, -0.2) is 59.7 Å². The number of anilines is 1. The first kappa shape index (κ1) is 28.0. The van der Waals surface area contributed by atoms with Crippen molar-refractivity contribution in [2.24, 2.45) is 0 Å². The third kappa shape index (κ3) is 5.15. The monoisotopic (exact) mass is 533 g/mol. The van der Waals surface area contributed by atoms with Gasteiger partial charge in [0.1, 0.15) is 17.9 Å². The van der Waals surface area contributed by atoms with Gasteiger partial charge in [-0.15, -0.1) is 0 Å². The second-order valence-electron chi connectivity index (χ2n) is 10.9. The Labute approximate surface area is 229 Å². The van der Waals surface area contributed by atoms with Gasteiger partial charge in [-0.25, -0.2) is 0 Å². The predicted octanol–water partition coefficient (Wildman–Crippen LogP) is 5.27. The van der Waals surface area contributed by atoms with Crippen molar-refractivity contribution in [1.29, 1.82) is 0 Å². The molecule has 0 saturated carbocycles. The molecule has 8 nitrogen and oxygen atoms in total. The zero-order valence-corrected chi connectivity index (χ0v) is 23.4. The number of allylic oxidation sites excluding steroid dienone is 4. The molecule has 0 aromatic heterocycles. The molecule has 2 heterocycles. The van der Waals surface area contributed by atoms with E-state index in [4.69, 9.17) is 9.47 Å². The van der Waals surface area contributed by atoms with Crippen molar-refractivity contribution < 1.29 is 33.9 Å². The van der Waals surface area contributed by atoms with E-state index in [1.165, 1.54) is 0 Å². The van der Waals surface area contributed by atoms with Gasteiger partial charge in [0.15, 0.2) is 12.3 Å². The number of aliphatic carboxylic acids is 2. The zero-order valence-electron chi connectivity index (χ0n) is 23.4. The highest BCUT2D eigenvalue weighted by Gasteiger charge is 2.45. The van der Waals surface area contributed by atoms with Crippen molar-refractivity contribution in [3.05, 3.63) is 71.5 Å². The molecule has 2 aromatic rings. The summed E-state index contributed by atoms with van der Waals surface area (Å²) in [6, 6.07) is 11.8. The molecule has 39 heavy (non-hydrogen) atoms. The number of carbonyl (C=O) groups is 2. The average molecular weight is 534 g/mol. The number of methoxy groups -OCH3 is 2. The number of ether oxygens (including phenoxy) is 2. The van der Waals surface area contributed by atoms with Crippen LogP contribution >= 0.6 is 0 Å². The maximum atomic E-state index is 11.5. The summed E-state index contributed by atoms with van der Waals surface area (Å²) in [6.45, 7) is 9.18. The minimum Gasteiger partial charge on any atom is -0.497 e. The Kier molecular flexibility index (Phi) is 7.59. The average Bonchev–Trinajstić information content (AvgIpc) is 3.23. The van der Waals surface area contributed by atoms with Crippen LogP contribution in [0.4, 0.5) is 11.4 Å². The van der Waals surface area contributed by atoms with Gasteiger partial charge in [-0.1, -0.05) is 19.9 Å². The molecule has 0 bridgehead atoms. The Morgan fingerprint density at radius 2 is 1.51 bits per heavy atom. The molecule has 0 fully saturated rings. The highest BCUT2D eigenvalue weighted by atomic mass is 16.5. The van der Waals surface area contributed by atoms with Gasteiger partial charge < -0.3 is 24.6 Å². The lowest BCUT2D eigenvalue weighted by Gasteiger charge is -2.26. The number of hydrogen-bond acceptors (Lipinski definition) is 5. The predicted molar refractivity (Wildman–Crippen MR) is 151 cm³/mol. The van der Waals surface area contributed by atoms with E-state index in [2.05, 4.69) is 37.2 Å². The third-order valence-corrected chi connectivity index (χ3v) is 7.80. The minimum atomic E-state index is -0.852. The normalized spacial score (nSPS) is 18.0. The largest absolute Gasteiger partial charge is 0.497 e. The Bertz CT molecular complexity index is 1400. The highest BCUT2D eigenvalue weighted by Crippen LogP contribution is 2.49. The lowest BCUT2D eigenvalue weighted by molar-refractivity contribution is -0.436. The van der Waals surface area contributed by atoms with Gasteiger partial charge in [0.2, 0.25) is 5.69 Å². The third-order valence-electron chi connectivity index (χ3n) is 7.80. The first-order valence-electron chi connectivity index (χ1n) is 13.0. The molecule has 0 amide bonds. The van der Waals surface area contributed by atoms with Crippen molar-refractivity contribution in [1.82, 2.24) is 0 Å². The maximum Gasteiger partial charge on any atom is 0.309 e. The fraction of sp³-hybridized carbons (Fsp3) is 0.387. The fourth-order valence-electron chi connectivity index (χ4n) is 5.69. The van der Waals surface area contributed by atoms with Crippen LogP contribution in [0.15, 0.2) is 60.3 Å². The number of fused-ring (bicyclic) bond motifs is 2. The summed E-state index contributed by atoms with van der Waals surface area (Å²) in [6.07, 6.45) is 6.08. The van der Waals surface area contributed by atoms with Gasteiger partial charge in [0.25, 0.3) is 0 Å². The van der Waals surface area contributed by atoms with Crippen molar-refractivity contribution in [2.75, 3.05) is 32.2 Å². The smallest absolute Gasteiger partial charge is 0.309 e. The SMILES string of the molecule is COc1ccc2c(c1)C(C)(C)C(/C=C/C=C1/N(CCC(=O)O)c3ccc(OC)cc3C1(C)C)=[N+]2CCC(=O)O. The van der Waals surface area contributed by atoms with Gasteiger partial charge in [-0.05, 0) is 55.8 Å². The molecular weight excluding hydrogens is 496 g/mol. The summed E-state index contributed by atoms with van der Waals surface area (Å²) in [5, 5.41) is 18.8. The van der Waals surface area contributed by atoms with Crippen LogP contribution in [0.3, 0.4) is 0 Å². The van der Waals surface area contributed by atoms with Crippen molar-refractivity contribution in [3.8, 4) is 11.5 Å². The summed E-state index contributed by atoms with van der Waals surface area (Å²) in [7, 11) is 3.27. The number of carboxylic acid groups (broad SMARTS) is 2. The molecule has 2 aliphatic heterocycles. The zero-order chi connectivity index (χ0) is 28.5. The summed E-state index contributed by atoms with van der Waals surface area (Å²) >= 11 is 0. The molecule has 0 aliphatic carbocycles. The number of carboxylic acids is 2. The van der Waals surface area contributed by atoms with Crippen LogP contribution in [-0.2, 0) is 20.4 Å². The lowest BCUT2D eigenvalue weighted by Crippen LogP contribution is -2.29. The lowest BCUT2D eigenvalue weighted by atomic mass is 9.81. The number of nitrogens with zero attached hydrogens (tertiary/aromatic N) is 2. The number of benzene rings is 2. The molecule has 0 spiro atoms. The van der Waals surface area contributed by atoms with Crippen molar-refractivity contribution >= 4 is 29.0 Å². The van der Waals surface area contributed by atoms with E-state index in [-0.39, 0.29) is 23.7 Å². The Balaban J connectivity index is 1.78. The molecule has 206 valence electrons. The van der Waals surface area contributed by atoms with E-state index < -0.39 is 11.9 Å². The molecule has 4 rings (SSSR count). The summed E-state index contributed by atoms with van der Waals surface area (Å²) < 4.78 is 13.0. The van der Waals surface area contributed by atoms with E-state index in [0.717, 1.165) is 45.4 Å². The molecule has 0 atom stereocenters. The Hall–Kier alpha value is -4.07. The molecular formula is C31H37N2O6+. The second-order valence-corrected chi connectivity index (χ2v) is 10.9. The molecule has 2 aromatic carbocycles. The summed E-state index contributed by atoms with van der Waals surface area (Å²) in [4.78, 5) is 25.0. The standard InChI is InChI=1S/C31H36N2O6/c1-30(2)22-18-20(38-5)10-12-24(22)32(16-14-28(34)35)26(30)8-7-9-27-31(3,4)23-19-21(39-6)11-13-25(23)33(27)17-15-29(36)37/h7-13,18-19H,14-17H2,1-6H3,(H-,34,35,36,37)/p+1. The molecule has 0 radical (unpaired) electrons. The topological polar surface area (TPSA) is 99.3 Å². The Morgan fingerprint density at radius 1 is 0.897 bits per heavy atom. The first-order chi connectivity index (χ1) is 18.4. The molecule has 2 aliphatic rings. The van der Waals surface area contributed by atoms with Crippen molar-refractivity contribution in [3.63, 3.8) is 0 Å². The van der Waals surface area contributed by atoms with Gasteiger partial charge >= 0.3 is 11.9 Å². The van der Waals surface area contributed by atoms with E-state index in [1.54, 1.807) is 14.2 Å². The molecule has 8 heteroatoms. The van der Waals surface area contributed by atoms with Gasteiger partial charge in [0, 0.05) is 41.1 Å². The number of rotatable bonds is 10. The van der Waals surface area contributed by atoms with Gasteiger partial charge in [-0.3, -0.25) is 9.59 Å². The Morgan fingerprint density at radius 3 is 2.13 bits per heavy atom. The van der Waals surface area contributed by atoms with Crippen LogP contribution in [0, 0.1) is 0 Å². The molecule has 0 unspecified atom stereocenters. The van der Waals surface area contributed by atoms with Crippen LogP contribution in [0.25, 0.3) is 0 Å². The van der Waals surface area contributed by atoms with E-state index in [0.29, 0.717) is 13.1 Å². The van der Waals surface area contributed by atoms with E-state index in [9.17, 15) is 19.8 Å². The fourth-order valence-corrected chi connectivity index (χ4v) is 5.69. The molecule has 2 N–H and O–H groups in total. The van der Waals surface area contributed by atoms with E-state index in [1.807, 2.05) is 54.6 Å². The number of hydrogen-bond donors (Lipinski definition) is 2. The van der Waals surface area contributed by atoms with Gasteiger partial charge in [0.05, 0.1) is 26.1 Å². The summed E-state index contributed by atoms with van der Waals surface area (Å²) in [5.41, 5.74) is 5.28. The van der Waals surface area contributed by atoms with Crippen LogP contribution in [0.5, 0.6) is 11.5 Å². The summed E-state index contributed by atoms with van der Waals surface area (Å²) in [5.74, 6) is -0.199. The van der Waals surface area contributed by atoms with Crippen LogP contribution < -0.4 is 14.4 Å². The van der Waals surface area contributed by atoms with E-state index >= 15 is 0 Å². The minimum absolute atomic E-state index is 0.00706. The van der Waals surface area contributed by atoms with Crippen LogP contribution in [0.2, 0.25) is 0 Å². The van der Waals surface area contributed by atoms with Gasteiger partial charge in [-0.2, -0.15) is 4.58 Å². The quantitative estimate of drug-likeness (QED) is 0.402. The first-order valence-corrected chi connectivity index (χ1v) is 13.0. The van der Waals surface area contributed by atoms with Crippen molar-refractivity contribution in [2.45, 2.75) is 51.4 Å². The second kappa shape index (κ2) is 10.6. The maximum absolute atomic E-state index is 11.5. The highest BCUT2D eigenvalue weighted by molar-refractivity contribution is 6.03.